The number of hydrogen-bond donors (Lipinski definition) is 3. The van der Waals surface area contributed by atoms with Crippen LogP contribution in [0, 0.1) is 18.8 Å². The topological polar surface area (TPSA) is 174 Å². The Hall–Kier alpha value is -4.66. The number of fused-ring (bicyclic) bond motifs is 2. The van der Waals surface area contributed by atoms with Crippen LogP contribution < -0.4 is 24.8 Å². The van der Waals surface area contributed by atoms with Crippen molar-refractivity contribution in [3.05, 3.63) is 48.2 Å². The molecule has 0 spiro atoms. The molecule has 292 valence electrons. The van der Waals surface area contributed by atoms with Gasteiger partial charge in [0.1, 0.15) is 28.8 Å². The van der Waals surface area contributed by atoms with Crippen molar-refractivity contribution in [3.8, 4) is 22.9 Å². The zero-order chi connectivity index (χ0) is 38.8. The average molecular weight is 764 g/mol. The highest BCUT2D eigenvalue weighted by Gasteiger charge is 2.62. The fourth-order valence-electron chi connectivity index (χ4n) is 6.72. The van der Waals surface area contributed by atoms with Gasteiger partial charge in [-0.1, -0.05) is 26.0 Å². The van der Waals surface area contributed by atoms with Crippen molar-refractivity contribution in [1.82, 2.24) is 35.0 Å². The second-order valence-corrected chi connectivity index (χ2v) is 17.8. The Labute approximate surface area is 317 Å². The van der Waals surface area contributed by atoms with Gasteiger partial charge in [0.05, 0.1) is 29.7 Å². The largest absolute Gasteiger partial charge is 0.496 e. The number of allylic oxidation sites excluding steroid dienone is 1. The maximum atomic E-state index is 14.1. The first kappa shape index (κ1) is 39.0. The van der Waals surface area contributed by atoms with E-state index < -0.39 is 50.1 Å². The van der Waals surface area contributed by atoms with Crippen molar-refractivity contribution >= 4 is 38.8 Å². The SMILES string of the molecule is COc1ccc2c(OCC[C@@H]3NC(=O)N(C)CCCCC=C[C@@H]4C[C@@]4(C(=O)NS(=O)(=O)C4(C)CC4)NC3=O)cc(-c3ccn(CCC(C)C)n3)nc2c1C. The summed E-state index contributed by atoms with van der Waals surface area (Å²) in [5, 5.41) is 11.2. The lowest BCUT2D eigenvalue weighted by Crippen LogP contribution is -2.58. The highest BCUT2D eigenvalue weighted by atomic mass is 32.2. The molecule has 2 aromatic heterocycles. The Morgan fingerprint density at radius 3 is 2.63 bits per heavy atom. The number of aryl methyl sites for hydroxylation is 2. The van der Waals surface area contributed by atoms with Gasteiger partial charge in [0.2, 0.25) is 15.9 Å². The van der Waals surface area contributed by atoms with Gasteiger partial charge in [-0.25, -0.2) is 18.2 Å². The third-order valence-electron chi connectivity index (χ3n) is 10.9. The normalized spacial score (nSPS) is 22.9. The van der Waals surface area contributed by atoms with E-state index in [0.29, 0.717) is 53.7 Å². The van der Waals surface area contributed by atoms with Crippen LogP contribution in [0.1, 0.15) is 77.7 Å². The quantitative estimate of drug-likeness (QED) is 0.218. The smallest absolute Gasteiger partial charge is 0.317 e. The highest BCUT2D eigenvalue weighted by molar-refractivity contribution is 7.91. The summed E-state index contributed by atoms with van der Waals surface area (Å²) in [5.41, 5.74) is 1.34. The molecule has 4 amide bonds. The number of rotatable bonds is 12. The van der Waals surface area contributed by atoms with Crippen LogP contribution in [-0.4, -0.2) is 89.6 Å². The summed E-state index contributed by atoms with van der Waals surface area (Å²) in [5.74, 6) is -0.0368. The number of nitrogens with one attached hydrogen (secondary N) is 3. The van der Waals surface area contributed by atoms with Gasteiger partial charge in [-0.3, -0.25) is 19.0 Å². The van der Waals surface area contributed by atoms with Gasteiger partial charge in [-0.2, -0.15) is 5.10 Å². The van der Waals surface area contributed by atoms with Crippen LogP contribution in [0.25, 0.3) is 22.3 Å². The summed E-state index contributed by atoms with van der Waals surface area (Å²) in [7, 11) is -0.668. The number of sulfonamides is 1. The average Bonchev–Trinajstić information content (AvgIpc) is 4.00. The van der Waals surface area contributed by atoms with E-state index >= 15 is 0 Å². The van der Waals surface area contributed by atoms with Crippen LogP contribution in [0.3, 0.4) is 0 Å². The Balaban J connectivity index is 1.26. The lowest BCUT2D eigenvalue weighted by molar-refractivity contribution is -0.130. The predicted molar refractivity (Wildman–Crippen MR) is 205 cm³/mol. The molecule has 1 aromatic carbocycles. The lowest BCUT2D eigenvalue weighted by Gasteiger charge is -2.26. The van der Waals surface area contributed by atoms with Crippen LogP contribution in [0.2, 0.25) is 0 Å². The second kappa shape index (κ2) is 15.6. The minimum absolute atomic E-state index is 0.0177. The van der Waals surface area contributed by atoms with Crippen molar-refractivity contribution < 1.29 is 32.3 Å². The van der Waals surface area contributed by atoms with Crippen LogP contribution in [0.15, 0.2) is 42.6 Å². The summed E-state index contributed by atoms with van der Waals surface area (Å²) in [6, 6.07) is 5.93. The van der Waals surface area contributed by atoms with Crippen molar-refractivity contribution in [2.75, 3.05) is 27.3 Å². The molecular weight excluding hydrogens is 711 g/mol. The molecule has 0 saturated heterocycles. The van der Waals surface area contributed by atoms with Crippen molar-refractivity contribution in [2.24, 2.45) is 11.8 Å². The number of aromatic nitrogens is 3. The molecular formula is C39H53N7O7S. The van der Waals surface area contributed by atoms with Crippen LogP contribution in [0.4, 0.5) is 4.79 Å². The number of carbonyl (C=O) groups is 3. The monoisotopic (exact) mass is 763 g/mol. The second-order valence-electron chi connectivity index (χ2n) is 15.6. The van der Waals surface area contributed by atoms with Gasteiger partial charge < -0.3 is 25.0 Å². The number of ether oxygens (including phenoxy) is 2. The molecule has 6 rings (SSSR count). The van der Waals surface area contributed by atoms with Gasteiger partial charge >= 0.3 is 6.03 Å². The van der Waals surface area contributed by atoms with E-state index in [4.69, 9.17) is 19.6 Å². The van der Waals surface area contributed by atoms with Crippen LogP contribution in [-0.2, 0) is 26.2 Å². The maximum Gasteiger partial charge on any atom is 0.317 e. The maximum absolute atomic E-state index is 14.1. The van der Waals surface area contributed by atoms with E-state index in [-0.39, 0.29) is 19.4 Å². The number of nitrogens with zero attached hydrogens (tertiary/aromatic N) is 4. The Morgan fingerprint density at radius 1 is 1.13 bits per heavy atom. The molecule has 2 aliphatic carbocycles. The number of amides is 4. The molecule has 3 aliphatic rings. The van der Waals surface area contributed by atoms with E-state index in [1.54, 1.807) is 21.1 Å². The van der Waals surface area contributed by atoms with Crippen molar-refractivity contribution in [1.29, 1.82) is 0 Å². The first-order valence-electron chi connectivity index (χ1n) is 18.9. The van der Waals surface area contributed by atoms with E-state index in [2.05, 4.69) is 29.2 Å². The molecule has 0 bridgehead atoms. The minimum Gasteiger partial charge on any atom is -0.496 e. The number of urea groups is 1. The molecule has 3 N–H and O–H groups in total. The van der Waals surface area contributed by atoms with Crippen molar-refractivity contribution in [3.63, 3.8) is 0 Å². The molecule has 54 heavy (non-hydrogen) atoms. The van der Waals surface area contributed by atoms with E-state index in [1.807, 2.05) is 54.2 Å². The molecule has 3 atom stereocenters. The molecule has 15 heteroatoms. The number of carbonyl (C=O) groups excluding carboxylic acids is 3. The Kier molecular flexibility index (Phi) is 11.3. The number of pyridine rings is 1. The molecule has 2 saturated carbocycles. The third kappa shape index (κ3) is 8.35. The molecule has 0 unspecified atom stereocenters. The standard InChI is InChI=1S/C39H53N7O7S/c1-25(2)14-20-46-21-15-29(43-46)31-23-33(28-12-13-32(52-6)26(3)34(28)40-31)53-22-16-30-35(47)42-39(36(48)44-54(50,51)38(4)17-18-38)24-27(39)11-9-7-8-10-19-45(5)37(49)41-30/h9,11-13,15,21,23,25,27,30H,7-8,10,14,16-20,22,24H2,1-6H3,(H,41,49)(H,42,47)(H,44,48)/t27-,30+,39-/m1/s1. The zero-order valence-electron chi connectivity index (χ0n) is 32.1. The Bertz CT molecular complexity index is 2040. The fraction of sp³-hybridized carbons (Fsp3) is 0.564. The summed E-state index contributed by atoms with van der Waals surface area (Å²) in [6.45, 7) is 9.17. The summed E-state index contributed by atoms with van der Waals surface area (Å²) >= 11 is 0. The summed E-state index contributed by atoms with van der Waals surface area (Å²) in [4.78, 5) is 47.6. The summed E-state index contributed by atoms with van der Waals surface area (Å²) < 4.78 is 41.3. The summed E-state index contributed by atoms with van der Waals surface area (Å²) in [6.07, 6.45) is 10.3. The van der Waals surface area contributed by atoms with Gasteiger partial charge in [-0.15, -0.1) is 0 Å². The van der Waals surface area contributed by atoms with Crippen molar-refractivity contribution in [2.45, 2.75) is 102 Å². The fourth-order valence-corrected chi connectivity index (χ4v) is 8.03. The number of benzene rings is 1. The minimum atomic E-state index is -3.94. The predicted octanol–water partition coefficient (Wildman–Crippen LogP) is 4.85. The van der Waals surface area contributed by atoms with Crippen LogP contribution in [0.5, 0.6) is 11.5 Å². The molecule has 0 radical (unpaired) electrons. The molecule has 14 nitrogen and oxygen atoms in total. The van der Waals surface area contributed by atoms with E-state index in [9.17, 15) is 22.8 Å². The number of hydrogen-bond acceptors (Lipinski definition) is 9. The van der Waals surface area contributed by atoms with Crippen LogP contribution >= 0.6 is 0 Å². The highest BCUT2D eigenvalue weighted by Crippen LogP contribution is 2.47. The molecule has 3 heterocycles. The third-order valence-corrected chi connectivity index (χ3v) is 13.1. The first-order valence-corrected chi connectivity index (χ1v) is 20.4. The van der Waals surface area contributed by atoms with Gasteiger partial charge in [0, 0.05) is 55.7 Å². The van der Waals surface area contributed by atoms with Gasteiger partial charge in [-0.05, 0) is 82.9 Å². The van der Waals surface area contributed by atoms with E-state index in [1.165, 1.54) is 4.90 Å². The molecule has 3 aromatic rings. The number of methoxy groups -OCH3 is 1. The molecule has 2 fully saturated rings. The first-order chi connectivity index (χ1) is 25.7. The molecule has 1 aliphatic heterocycles. The van der Waals surface area contributed by atoms with E-state index in [0.717, 1.165) is 43.2 Å². The Morgan fingerprint density at radius 2 is 1.91 bits per heavy atom. The van der Waals surface area contributed by atoms with Gasteiger partial charge in [0.15, 0.2) is 0 Å². The lowest BCUT2D eigenvalue weighted by atomic mass is 10.1. The zero-order valence-corrected chi connectivity index (χ0v) is 32.9. The van der Waals surface area contributed by atoms with Gasteiger partial charge in [0.25, 0.3) is 5.91 Å².